The third-order valence-electron chi connectivity index (χ3n) is 1.06. The van der Waals surface area contributed by atoms with Gasteiger partial charge in [0.05, 0.1) is 6.10 Å². The fraction of sp³-hybridized carbons (Fsp3) is 0.429. The van der Waals surface area contributed by atoms with Crippen LogP contribution < -0.4 is 5.32 Å². The van der Waals surface area contributed by atoms with Crippen LogP contribution in [0.25, 0.3) is 0 Å². The van der Waals surface area contributed by atoms with E-state index in [-0.39, 0.29) is 6.10 Å². The van der Waals surface area contributed by atoms with Gasteiger partial charge in [-0.1, -0.05) is 0 Å². The summed E-state index contributed by atoms with van der Waals surface area (Å²) >= 11 is 0. The Balaban J connectivity index is 2.37. The van der Waals surface area contributed by atoms with E-state index in [0.717, 1.165) is 0 Å². The van der Waals surface area contributed by atoms with Crippen molar-refractivity contribution in [2.75, 3.05) is 5.32 Å². The normalized spacial score (nSPS) is 9.92. The maximum absolute atomic E-state index is 10.9. The standard InChI is InChI=1S/C7H11N3O2/c1-5(2)12-7(11)10-6-8-3-4-9-6/h3-5H,1-2H3,(H2,8,9,10,11). The van der Waals surface area contributed by atoms with Gasteiger partial charge in [-0.2, -0.15) is 0 Å². The third kappa shape index (κ3) is 2.61. The van der Waals surface area contributed by atoms with Crippen LogP contribution in [-0.4, -0.2) is 22.2 Å². The highest BCUT2D eigenvalue weighted by atomic mass is 16.6. The number of ether oxygens (including phenoxy) is 1. The van der Waals surface area contributed by atoms with Crippen molar-refractivity contribution in [1.82, 2.24) is 9.97 Å². The quantitative estimate of drug-likeness (QED) is 0.702. The summed E-state index contributed by atoms with van der Waals surface area (Å²) in [5, 5.41) is 2.43. The van der Waals surface area contributed by atoms with Gasteiger partial charge in [0, 0.05) is 12.4 Å². The molecule has 1 amide bonds. The van der Waals surface area contributed by atoms with Crippen LogP contribution in [0.1, 0.15) is 13.8 Å². The second-order valence-electron chi connectivity index (χ2n) is 2.52. The lowest BCUT2D eigenvalue weighted by Gasteiger charge is -2.06. The number of H-pyrrole nitrogens is 1. The Morgan fingerprint density at radius 2 is 2.50 bits per heavy atom. The van der Waals surface area contributed by atoms with Gasteiger partial charge in [0.1, 0.15) is 0 Å². The molecule has 0 fully saturated rings. The Bertz CT molecular complexity index is 243. The minimum absolute atomic E-state index is 0.125. The molecule has 0 aliphatic rings. The number of amides is 1. The van der Waals surface area contributed by atoms with E-state index < -0.39 is 6.09 Å². The van der Waals surface area contributed by atoms with Crippen molar-refractivity contribution in [2.24, 2.45) is 0 Å². The monoisotopic (exact) mass is 169 g/mol. The predicted octanol–water partition coefficient (Wildman–Crippen LogP) is 1.37. The number of nitrogens with zero attached hydrogens (tertiary/aromatic N) is 1. The molecule has 1 aromatic rings. The van der Waals surface area contributed by atoms with Crippen LogP contribution in [0.5, 0.6) is 0 Å². The van der Waals surface area contributed by atoms with Crippen molar-refractivity contribution in [3.05, 3.63) is 12.4 Å². The van der Waals surface area contributed by atoms with Gasteiger partial charge >= 0.3 is 6.09 Å². The van der Waals surface area contributed by atoms with Gasteiger partial charge in [0.15, 0.2) is 0 Å². The summed E-state index contributed by atoms with van der Waals surface area (Å²) in [5.41, 5.74) is 0. The summed E-state index contributed by atoms with van der Waals surface area (Å²) in [6.07, 6.45) is 2.54. The molecule has 1 rings (SSSR count). The molecule has 1 aromatic heterocycles. The average Bonchev–Trinajstić information content (AvgIpc) is 2.37. The van der Waals surface area contributed by atoms with Crippen molar-refractivity contribution in [1.29, 1.82) is 0 Å². The fourth-order valence-corrected chi connectivity index (χ4v) is 0.674. The summed E-state index contributed by atoms with van der Waals surface area (Å²) in [6.45, 7) is 3.56. The fourth-order valence-electron chi connectivity index (χ4n) is 0.674. The Hall–Kier alpha value is -1.52. The summed E-state index contributed by atoms with van der Waals surface area (Å²) in [6, 6.07) is 0. The summed E-state index contributed by atoms with van der Waals surface area (Å²) in [5.74, 6) is 0.389. The third-order valence-corrected chi connectivity index (χ3v) is 1.06. The number of aromatic amines is 1. The molecule has 0 aliphatic heterocycles. The number of aromatic nitrogens is 2. The van der Waals surface area contributed by atoms with E-state index in [1.807, 2.05) is 0 Å². The molecule has 0 saturated carbocycles. The zero-order valence-electron chi connectivity index (χ0n) is 7.00. The molecule has 66 valence electrons. The molecule has 0 bridgehead atoms. The van der Waals surface area contributed by atoms with Gasteiger partial charge in [0.25, 0.3) is 0 Å². The van der Waals surface area contributed by atoms with E-state index in [9.17, 15) is 4.79 Å². The van der Waals surface area contributed by atoms with Crippen LogP contribution in [0, 0.1) is 0 Å². The van der Waals surface area contributed by atoms with Crippen molar-refractivity contribution in [3.8, 4) is 0 Å². The maximum atomic E-state index is 10.9. The highest BCUT2D eigenvalue weighted by Gasteiger charge is 2.05. The number of hydrogen-bond acceptors (Lipinski definition) is 3. The lowest BCUT2D eigenvalue weighted by molar-refractivity contribution is 0.130. The highest BCUT2D eigenvalue weighted by Crippen LogP contribution is 1.97. The van der Waals surface area contributed by atoms with E-state index >= 15 is 0 Å². The average molecular weight is 169 g/mol. The first-order chi connectivity index (χ1) is 5.68. The van der Waals surface area contributed by atoms with Gasteiger partial charge in [-0.05, 0) is 13.8 Å². The molecule has 5 nitrogen and oxygen atoms in total. The molecule has 0 unspecified atom stereocenters. The topological polar surface area (TPSA) is 67.0 Å². The molecule has 2 N–H and O–H groups in total. The number of carbonyl (C=O) groups excluding carboxylic acids is 1. The van der Waals surface area contributed by atoms with Crippen molar-refractivity contribution < 1.29 is 9.53 Å². The zero-order chi connectivity index (χ0) is 8.97. The van der Waals surface area contributed by atoms with E-state index in [1.54, 1.807) is 26.2 Å². The summed E-state index contributed by atoms with van der Waals surface area (Å²) in [7, 11) is 0. The van der Waals surface area contributed by atoms with Crippen LogP contribution in [0.2, 0.25) is 0 Å². The number of anilines is 1. The van der Waals surface area contributed by atoms with Crippen molar-refractivity contribution in [2.45, 2.75) is 20.0 Å². The van der Waals surface area contributed by atoms with Gasteiger partial charge in [0.2, 0.25) is 5.95 Å². The molecule has 0 atom stereocenters. The van der Waals surface area contributed by atoms with Gasteiger partial charge in [-0.25, -0.2) is 9.78 Å². The van der Waals surface area contributed by atoms with Crippen LogP contribution in [0.4, 0.5) is 10.7 Å². The van der Waals surface area contributed by atoms with Gasteiger partial charge in [-0.3, -0.25) is 5.32 Å². The maximum Gasteiger partial charge on any atom is 0.414 e. The minimum Gasteiger partial charge on any atom is -0.447 e. The Labute approximate surface area is 70.1 Å². The molecule has 0 radical (unpaired) electrons. The number of hydrogen-bond donors (Lipinski definition) is 2. The lowest BCUT2D eigenvalue weighted by atomic mass is 10.5. The van der Waals surface area contributed by atoms with Crippen molar-refractivity contribution in [3.63, 3.8) is 0 Å². The molecule has 0 saturated heterocycles. The second-order valence-corrected chi connectivity index (χ2v) is 2.52. The van der Waals surface area contributed by atoms with Crippen molar-refractivity contribution >= 4 is 12.0 Å². The first kappa shape index (κ1) is 8.58. The molecule has 1 heterocycles. The SMILES string of the molecule is CC(C)OC(=O)Nc1ncc[nH]1. The molecular weight excluding hydrogens is 158 g/mol. The van der Waals surface area contributed by atoms with Crippen LogP contribution in [-0.2, 0) is 4.74 Å². The van der Waals surface area contributed by atoms with E-state index in [1.165, 1.54) is 0 Å². The van der Waals surface area contributed by atoms with Gasteiger partial charge < -0.3 is 9.72 Å². The first-order valence-corrected chi connectivity index (χ1v) is 3.65. The Morgan fingerprint density at radius 3 is 3.00 bits per heavy atom. The van der Waals surface area contributed by atoms with Crippen LogP contribution >= 0.6 is 0 Å². The zero-order valence-corrected chi connectivity index (χ0v) is 7.00. The number of carbonyl (C=O) groups is 1. The minimum atomic E-state index is -0.500. The summed E-state index contributed by atoms with van der Waals surface area (Å²) < 4.78 is 4.81. The van der Waals surface area contributed by atoms with Crippen LogP contribution in [0.15, 0.2) is 12.4 Å². The molecular formula is C7H11N3O2. The first-order valence-electron chi connectivity index (χ1n) is 3.65. The van der Waals surface area contributed by atoms with E-state index in [4.69, 9.17) is 4.74 Å². The molecule has 0 aliphatic carbocycles. The number of nitrogens with one attached hydrogen (secondary N) is 2. The molecule has 0 aromatic carbocycles. The van der Waals surface area contributed by atoms with Gasteiger partial charge in [-0.15, -0.1) is 0 Å². The smallest absolute Gasteiger partial charge is 0.414 e. The lowest BCUT2D eigenvalue weighted by Crippen LogP contribution is -2.18. The number of imidazole rings is 1. The Morgan fingerprint density at radius 1 is 1.75 bits per heavy atom. The largest absolute Gasteiger partial charge is 0.447 e. The highest BCUT2D eigenvalue weighted by molar-refractivity contribution is 5.82. The van der Waals surface area contributed by atoms with Crippen LogP contribution in [0.3, 0.4) is 0 Å². The summed E-state index contributed by atoms with van der Waals surface area (Å²) in [4.78, 5) is 17.4. The Kier molecular flexibility index (Phi) is 2.68. The van der Waals surface area contributed by atoms with E-state index in [0.29, 0.717) is 5.95 Å². The molecule has 12 heavy (non-hydrogen) atoms. The van der Waals surface area contributed by atoms with E-state index in [2.05, 4.69) is 15.3 Å². The molecule has 5 heteroatoms. The number of rotatable bonds is 2. The second kappa shape index (κ2) is 3.75. The predicted molar refractivity (Wildman–Crippen MR) is 43.8 cm³/mol. The molecule has 0 spiro atoms.